The minimum absolute atomic E-state index is 0.0840. The lowest BCUT2D eigenvalue weighted by Crippen LogP contribution is -2.33. The number of hydrogen-bond donors (Lipinski definition) is 2. The van der Waals surface area contributed by atoms with E-state index in [2.05, 4.69) is 4.72 Å². The van der Waals surface area contributed by atoms with E-state index < -0.39 is 16.0 Å². The predicted octanol–water partition coefficient (Wildman–Crippen LogP) is 1.67. The molecule has 0 aliphatic rings. The van der Waals surface area contributed by atoms with Crippen LogP contribution in [0.15, 0.2) is 9.31 Å². The molecular formula is C11H17NO5S. The monoisotopic (exact) mass is 275 g/mol. The van der Waals surface area contributed by atoms with Gasteiger partial charge in [0.15, 0.2) is 0 Å². The molecule has 1 rings (SSSR count). The second-order valence-electron chi connectivity index (χ2n) is 4.15. The van der Waals surface area contributed by atoms with Gasteiger partial charge in [-0.2, -0.15) is 0 Å². The smallest absolute Gasteiger partial charge is 0.340 e. The summed E-state index contributed by atoms with van der Waals surface area (Å²) in [6.45, 7) is 6.41. The largest absolute Gasteiger partial charge is 0.478 e. The molecule has 0 saturated carbocycles. The van der Waals surface area contributed by atoms with Gasteiger partial charge >= 0.3 is 5.97 Å². The van der Waals surface area contributed by atoms with Crippen molar-refractivity contribution >= 4 is 16.0 Å². The second kappa shape index (κ2) is 5.11. The first kappa shape index (κ1) is 14.7. The van der Waals surface area contributed by atoms with Crippen LogP contribution in [0.1, 0.15) is 42.1 Å². The molecule has 0 fully saturated rings. The normalized spacial score (nSPS) is 13.6. The third-order valence-electron chi connectivity index (χ3n) is 2.66. The Bertz CT molecular complexity index is 558. The van der Waals surface area contributed by atoms with Gasteiger partial charge in [0, 0.05) is 6.04 Å². The molecule has 1 atom stereocenters. The number of sulfonamides is 1. The van der Waals surface area contributed by atoms with E-state index in [0.717, 1.165) is 0 Å². The molecule has 6 nitrogen and oxygen atoms in total. The molecule has 102 valence electrons. The molecule has 1 heterocycles. The van der Waals surface area contributed by atoms with Crippen molar-refractivity contribution in [3.8, 4) is 0 Å². The van der Waals surface area contributed by atoms with Gasteiger partial charge in [-0.1, -0.05) is 6.92 Å². The van der Waals surface area contributed by atoms with E-state index in [-0.39, 0.29) is 28.0 Å². The van der Waals surface area contributed by atoms with E-state index in [1.165, 1.54) is 13.8 Å². The Morgan fingerprint density at radius 2 is 1.94 bits per heavy atom. The van der Waals surface area contributed by atoms with Crippen LogP contribution in [0.4, 0.5) is 0 Å². The fourth-order valence-electron chi connectivity index (χ4n) is 1.64. The predicted molar refractivity (Wildman–Crippen MR) is 65.2 cm³/mol. The number of carboxylic acids is 1. The van der Waals surface area contributed by atoms with Crippen LogP contribution in [0.25, 0.3) is 0 Å². The molecule has 0 amide bonds. The zero-order chi connectivity index (χ0) is 14.1. The molecule has 1 unspecified atom stereocenters. The van der Waals surface area contributed by atoms with Gasteiger partial charge in [-0.25, -0.2) is 17.9 Å². The molecule has 0 saturated heterocycles. The van der Waals surface area contributed by atoms with Gasteiger partial charge in [0.1, 0.15) is 22.0 Å². The van der Waals surface area contributed by atoms with Crippen molar-refractivity contribution in [1.82, 2.24) is 4.72 Å². The highest BCUT2D eigenvalue weighted by Gasteiger charge is 2.31. The average molecular weight is 275 g/mol. The fourth-order valence-corrected chi connectivity index (χ4v) is 3.38. The third-order valence-corrected chi connectivity index (χ3v) is 4.40. The first-order valence-electron chi connectivity index (χ1n) is 5.56. The summed E-state index contributed by atoms with van der Waals surface area (Å²) >= 11 is 0. The number of aromatic carboxylic acids is 1. The molecule has 18 heavy (non-hydrogen) atoms. The Balaban J connectivity index is 3.37. The highest BCUT2D eigenvalue weighted by atomic mass is 32.2. The summed E-state index contributed by atoms with van der Waals surface area (Å²) in [7, 11) is -3.88. The number of carboxylic acid groups (broad SMARTS) is 1. The Morgan fingerprint density at radius 1 is 1.39 bits per heavy atom. The zero-order valence-electron chi connectivity index (χ0n) is 10.8. The van der Waals surface area contributed by atoms with Crippen molar-refractivity contribution in [2.75, 3.05) is 0 Å². The number of nitrogens with one attached hydrogen (secondary N) is 1. The number of furan rings is 1. The third kappa shape index (κ3) is 2.73. The van der Waals surface area contributed by atoms with Crippen molar-refractivity contribution < 1.29 is 22.7 Å². The topological polar surface area (TPSA) is 96.6 Å². The highest BCUT2D eigenvalue weighted by molar-refractivity contribution is 7.89. The molecule has 0 bridgehead atoms. The van der Waals surface area contributed by atoms with E-state index in [4.69, 9.17) is 9.52 Å². The van der Waals surface area contributed by atoms with Gasteiger partial charge in [-0.15, -0.1) is 0 Å². The van der Waals surface area contributed by atoms with Crippen molar-refractivity contribution in [2.24, 2.45) is 0 Å². The van der Waals surface area contributed by atoms with Crippen molar-refractivity contribution in [1.29, 1.82) is 0 Å². The molecule has 1 aromatic rings. The quantitative estimate of drug-likeness (QED) is 0.852. The lowest BCUT2D eigenvalue weighted by atomic mass is 10.2. The molecule has 0 spiro atoms. The second-order valence-corrected chi connectivity index (χ2v) is 5.81. The van der Waals surface area contributed by atoms with Crippen molar-refractivity contribution in [2.45, 2.75) is 45.1 Å². The summed E-state index contributed by atoms with van der Waals surface area (Å²) < 4.78 is 31.8. The molecule has 2 N–H and O–H groups in total. The van der Waals surface area contributed by atoms with E-state index in [0.29, 0.717) is 6.42 Å². The van der Waals surface area contributed by atoms with Crippen molar-refractivity contribution in [3.05, 3.63) is 17.1 Å². The van der Waals surface area contributed by atoms with Gasteiger partial charge < -0.3 is 9.52 Å². The number of aryl methyl sites for hydroxylation is 2. The summed E-state index contributed by atoms with van der Waals surface area (Å²) in [6.07, 6.45) is 0.609. The van der Waals surface area contributed by atoms with E-state index in [9.17, 15) is 13.2 Å². The molecular weight excluding hydrogens is 258 g/mol. The Hall–Kier alpha value is -1.34. The van der Waals surface area contributed by atoms with Crippen LogP contribution in [0.3, 0.4) is 0 Å². The lowest BCUT2D eigenvalue weighted by molar-refractivity contribution is 0.0691. The SMILES string of the molecule is CCC(C)NS(=O)(=O)c1c(C)oc(C)c1C(=O)O. The zero-order valence-corrected chi connectivity index (χ0v) is 11.6. The van der Waals surface area contributed by atoms with Crippen LogP contribution in [0, 0.1) is 13.8 Å². The Labute approximate surface area is 106 Å². The average Bonchev–Trinajstić information content (AvgIpc) is 2.53. The summed E-state index contributed by atoms with van der Waals surface area (Å²) in [5.41, 5.74) is -0.302. The molecule has 0 aliphatic heterocycles. The molecule has 1 aromatic heterocycles. The minimum Gasteiger partial charge on any atom is -0.478 e. The molecule has 0 aromatic carbocycles. The molecule has 7 heteroatoms. The van der Waals surface area contributed by atoms with Gasteiger partial charge in [-0.3, -0.25) is 0 Å². The van der Waals surface area contributed by atoms with Crippen LogP contribution in [-0.2, 0) is 10.0 Å². The lowest BCUT2D eigenvalue weighted by Gasteiger charge is -2.11. The first-order chi connectivity index (χ1) is 8.20. The Kier molecular flexibility index (Phi) is 4.18. The number of carbonyl (C=O) groups is 1. The van der Waals surface area contributed by atoms with Gasteiger partial charge in [0.2, 0.25) is 10.0 Å². The van der Waals surface area contributed by atoms with E-state index >= 15 is 0 Å². The summed E-state index contributed by atoms with van der Waals surface area (Å²) in [5, 5.41) is 9.06. The maximum absolute atomic E-state index is 12.1. The maximum Gasteiger partial charge on any atom is 0.340 e. The van der Waals surface area contributed by atoms with E-state index in [1.807, 2.05) is 6.92 Å². The standard InChI is InChI=1S/C11H17NO5S/c1-5-6(2)12-18(15,16)10-8(4)17-7(3)9(10)11(13)14/h6,12H,5H2,1-4H3,(H,13,14). The van der Waals surface area contributed by atoms with Gasteiger partial charge in [-0.05, 0) is 27.2 Å². The van der Waals surface area contributed by atoms with Crippen LogP contribution < -0.4 is 4.72 Å². The maximum atomic E-state index is 12.1. The van der Waals surface area contributed by atoms with Crippen LogP contribution in [0.5, 0.6) is 0 Å². The molecule has 0 aliphatic carbocycles. The fraction of sp³-hybridized carbons (Fsp3) is 0.545. The van der Waals surface area contributed by atoms with Gasteiger partial charge in [0.25, 0.3) is 0 Å². The van der Waals surface area contributed by atoms with E-state index in [1.54, 1.807) is 6.92 Å². The number of rotatable bonds is 5. The summed E-state index contributed by atoms with van der Waals surface area (Å²) in [4.78, 5) is 10.8. The first-order valence-corrected chi connectivity index (χ1v) is 7.04. The number of hydrogen-bond acceptors (Lipinski definition) is 4. The summed E-state index contributed by atoms with van der Waals surface area (Å²) in [6, 6.07) is -0.272. The minimum atomic E-state index is -3.88. The highest BCUT2D eigenvalue weighted by Crippen LogP contribution is 2.26. The van der Waals surface area contributed by atoms with Crippen LogP contribution >= 0.6 is 0 Å². The molecule has 0 radical (unpaired) electrons. The van der Waals surface area contributed by atoms with Crippen LogP contribution in [0.2, 0.25) is 0 Å². The summed E-state index contributed by atoms with van der Waals surface area (Å²) in [5.74, 6) is -1.14. The Morgan fingerprint density at radius 3 is 2.39 bits per heavy atom. The van der Waals surface area contributed by atoms with Gasteiger partial charge in [0.05, 0.1) is 0 Å². The van der Waals surface area contributed by atoms with Crippen LogP contribution in [-0.4, -0.2) is 25.5 Å². The van der Waals surface area contributed by atoms with Crippen molar-refractivity contribution in [3.63, 3.8) is 0 Å².